The normalized spacial score (nSPS) is 11.4. The lowest BCUT2D eigenvalue weighted by atomic mass is 10.1. The average Bonchev–Trinajstić information content (AvgIpc) is 3.08. The van der Waals surface area contributed by atoms with Crippen LogP contribution in [0, 0.1) is 0 Å². The van der Waals surface area contributed by atoms with Crippen LogP contribution in [0.15, 0.2) is 67.0 Å². The maximum absolute atomic E-state index is 4.53. The van der Waals surface area contributed by atoms with Crippen LogP contribution in [0.25, 0.3) is 21.8 Å². The summed E-state index contributed by atoms with van der Waals surface area (Å²) in [6.45, 7) is 2.03. The molecule has 2 aromatic heterocycles. The van der Waals surface area contributed by atoms with Crippen LogP contribution in [0.2, 0.25) is 0 Å². The van der Waals surface area contributed by atoms with Crippen LogP contribution in [0.3, 0.4) is 0 Å². The van der Waals surface area contributed by atoms with Gasteiger partial charge in [0.2, 0.25) is 0 Å². The number of hydrogen-bond acceptors (Lipinski definition) is 2. The van der Waals surface area contributed by atoms with Gasteiger partial charge in [-0.3, -0.25) is 4.98 Å². The van der Waals surface area contributed by atoms with E-state index in [1.807, 2.05) is 12.3 Å². The van der Waals surface area contributed by atoms with Crippen molar-refractivity contribution in [1.82, 2.24) is 15.3 Å². The molecule has 0 aliphatic rings. The van der Waals surface area contributed by atoms with E-state index < -0.39 is 0 Å². The van der Waals surface area contributed by atoms with Crippen LogP contribution in [-0.2, 0) is 12.8 Å². The fraction of sp³-hybridized carbons (Fsp3) is 0.227. The van der Waals surface area contributed by atoms with Gasteiger partial charge in [-0.05, 0) is 55.6 Å². The van der Waals surface area contributed by atoms with Crippen LogP contribution in [0.5, 0.6) is 0 Å². The average molecular weight is 329 g/mol. The highest BCUT2D eigenvalue weighted by Gasteiger charge is 2.03. The molecule has 0 amide bonds. The first-order chi connectivity index (χ1) is 12.4. The molecule has 0 aliphatic heterocycles. The second kappa shape index (κ2) is 7.49. The van der Waals surface area contributed by atoms with Crippen molar-refractivity contribution in [3.63, 3.8) is 0 Å². The standard InChI is InChI=1S/C22H23N3/c1-2-11-21-20(10-1)19(16-25-21)9-4-13-23-15-12-18-7-3-6-17-8-5-14-24-22(17)18/h1-3,5-8,10-11,14,16,23,25H,4,9,12-13,15H2. The third-order valence-corrected chi connectivity index (χ3v) is 4.76. The Morgan fingerprint density at radius 2 is 1.76 bits per heavy atom. The number of rotatable bonds is 7. The zero-order valence-corrected chi connectivity index (χ0v) is 14.3. The van der Waals surface area contributed by atoms with Gasteiger partial charge < -0.3 is 10.3 Å². The van der Waals surface area contributed by atoms with Gasteiger partial charge in [0.25, 0.3) is 0 Å². The molecule has 3 nitrogen and oxygen atoms in total. The molecule has 2 heterocycles. The van der Waals surface area contributed by atoms with Crippen molar-refractivity contribution < 1.29 is 0 Å². The molecule has 0 radical (unpaired) electrons. The highest BCUT2D eigenvalue weighted by molar-refractivity contribution is 5.83. The molecule has 126 valence electrons. The van der Waals surface area contributed by atoms with Gasteiger partial charge in [-0.1, -0.05) is 42.5 Å². The summed E-state index contributed by atoms with van der Waals surface area (Å²) >= 11 is 0. The first-order valence-corrected chi connectivity index (χ1v) is 9.00. The Labute approximate surface area is 148 Å². The lowest BCUT2D eigenvalue weighted by molar-refractivity contribution is 0.649. The largest absolute Gasteiger partial charge is 0.361 e. The van der Waals surface area contributed by atoms with Gasteiger partial charge in [-0.2, -0.15) is 0 Å². The molecular formula is C22H23N3. The highest BCUT2D eigenvalue weighted by Crippen LogP contribution is 2.19. The number of H-pyrrole nitrogens is 1. The van der Waals surface area contributed by atoms with E-state index in [1.54, 1.807) is 0 Å². The summed E-state index contributed by atoms with van der Waals surface area (Å²) in [6, 6.07) is 19.1. The van der Waals surface area contributed by atoms with E-state index in [2.05, 4.69) is 70.0 Å². The SMILES string of the molecule is c1cnc2c(CCNCCCc3c[nH]c4ccccc34)cccc2c1. The molecule has 2 aromatic carbocycles. The van der Waals surface area contributed by atoms with E-state index in [0.29, 0.717) is 0 Å². The van der Waals surface area contributed by atoms with Gasteiger partial charge in [0.15, 0.2) is 0 Å². The van der Waals surface area contributed by atoms with Gasteiger partial charge in [0.05, 0.1) is 5.52 Å². The summed E-state index contributed by atoms with van der Waals surface area (Å²) in [4.78, 5) is 7.88. The van der Waals surface area contributed by atoms with Gasteiger partial charge >= 0.3 is 0 Å². The highest BCUT2D eigenvalue weighted by atomic mass is 14.8. The number of pyridine rings is 1. The minimum Gasteiger partial charge on any atom is -0.361 e. The van der Waals surface area contributed by atoms with Gasteiger partial charge in [-0.15, -0.1) is 0 Å². The minimum atomic E-state index is 0.990. The molecular weight excluding hydrogens is 306 g/mol. The summed E-state index contributed by atoms with van der Waals surface area (Å²) in [6.07, 6.45) is 7.29. The number of benzene rings is 2. The summed E-state index contributed by atoms with van der Waals surface area (Å²) in [5, 5.41) is 6.14. The Kier molecular flexibility index (Phi) is 4.75. The fourth-order valence-electron chi connectivity index (χ4n) is 3.46. The second-order valence-electron chi connectivity index (χ2n) is 6.46. The lowest BCUT2D eigenvalue weighted by Gasteiger charge is -2.07. The molecule has 0 atom stereocenters. The van der Waals surface area contributed by atoms with Gasteiger partial charge in [0.1, 0.15) is 0 Å². The van der Waals surface area contributed by atoms with E-state index >= 15 is 0 Å². The number of nitrogens with zero attached hydrogens (tertiary/aromatic N) is 1. The van der Waals surface area contributed by atoms with Crippen LogP contribution in [0.1, 0.15) is 17.5 Å². The Morgan fingerprint density at radius 1 is 0.840 bits per heavy atom. The third kappa shape index (κ3) is 3.57. The molecule has 0 fully saturated rings. The Bertz CT molecular complexity index is 966. The molecule has 0 bridgehead atoms. The van der Waals surface area contributed by atoms with E-state index in [0.717, 1.165) is 37.9 Å². The fourth-order valence-corrected chi connectivity index (χ4v) is 3.46. The molecule has 2 N–H and O–H groups in total. The smallest absolute Gasteiger partial charge is 0.0734 e. The van der Waals surface area contributed by atoms with Crippen molar-refractivity contribution >= 4 is 21.8 Å². The molecule has 25 heavy (non-hydrogen) atoms. The topological polar surface area (TPSA) is 40.7 Å². The summed E-state index contributed by atoms with van der Waals surface area (Å²) in [5.41, 5.74) is 5.09. The van der Waals surface area contributed by atoms with Gasteiger partial charge in [-0.25, -0.2) is 0 Å². The number of aromatic nitrogens is 2. The maximum atomic E-state index is 4.53. The molecule has 3 heteroatoms. The summed E-state index contributed by atoms with van der Waals surface area (Å²) in [5.74, 6) is 0. The minimum absolute atomic E-state index is 0.990. The molecule has 0 aliphatic carbocycles. The van der Waals surface area contributed by atoms with Crippen molar-refractivity contribution in [1.29, 1.82) is 0 Å². The molecule has 4 rings (SSSR count). The summed E-state index contributed by atoms with van der Waals surface area (Å²) < 4.78 is 0. The summed E-state index contributed by atoms with van der Waals surface area (Å²) in [7, 11) is 0. The Hall–Kier alpha value is -2.65. The first-order valence-electron chi connectivity index (χ1n) is 9.00. The monoisotopic (exact) mass is 329 g/mol. The number of aryl methyl sites for hydroxylation is 1. The Balaban J connectivity index is 1.26. The van der Waals surface area contributed by atoms with E-state index in [9.17, 15) is 0 Å². The van der Waals surface area contributed by atoms with Crippen LogP contribution < -0.4 is 5.32 Å². The van der Waals surface area contributed by atoms with Crippen LogP contribution in [-0.4, -0.2) is 23.1 Å². The van der Waals surface area contributed by atoms with Crippen LogP contribution in [0.4, 0.5) is 0 Å². The quantitative estimate of drug-likeness (QED) is 0.491. The number of para-hydroxylation sites is 2. The van der Waals surface area contributed by atoms with Crippen molar-refractivity contribution in [2.24, 2.45) is 0 Å². The van der Waals surface area contributed by atoms with Crippen molar-refractivity contribution in [2.45, 2.75) is 19.3 Å². The second-order valence-corrected chi connectivity index (χ2v) is 6.46. The zero-order valence-electron chi connectivity index (χ0n) is 14.3. The van der Waals surface area contributed by atoms with Crippen molar-refractivity contribution in [3.05, 3.63) is 78.1 Å². The lowest BCUT2D eigenvalue weighted by Crippen LogP contribution is -2.19. The van der Waals surface area contributed by atoms with E-state index in [4.69, 9.17) is 0 Å². The molecule has 0 saturated carbocycles. The van der Waals surface area contributed by atoms with Gasteiger partial charge in [0, 0.05) is 28.7 Å². The first kappa shape index (κ1) is 15.9. The zero-order chi connectivity index (χ0) is 16.9. The van der Waals surface area contributed by atoms with E-state index in [1.165, 1.54) is 27.4 Å². The van der Waals surface area contributed by atoms with Crippen LogP contribution >= 0.6 is 0 Å². The number of hydrogen-bond donors (Lipinski definition) is 2. The number of aromatic amines is 1. The predicted octanol–water partition coefficient (Wildman–Crippen LogP) is 4.48. The number of fused-ring (bicyclic) bond motifs is 2. The number of nitrogens with one attached hydrogen (secondary N) is 2. The predicted molar refractivity (Wildman–Crippen MR) is 105 cm³/mol. The maximum Gasteiger partial charge on any atom is 0.0734 e. The van der Waals surface area contributed by atoms with Crippen molar-refractivity contribution in [3.8, 4) is 0 Å². The third-order valence-electron chi connectivity index (χ3n) is 4.76. The molecule has 4 aromatic rings. The van der Waals surface area contributed by atoms with E-state index in [-0.39, 0.29) is 0 Å². The molecule has 0 spiro atoms. The molecule has 0 unspecified atom stereocenters. The Morgan fingerprint density at radius 3 is 2.76 bits per heavy atom. The van der Waals surface area contributed by atoms with Crippen molar-refractivity contribution in [2.75, 3.05) is 13.1 Å². The molecule has 0 saturated heterocycles.